The number of piperidine rings is 1. The van der Waals surface area contributed by atoms with E-state index < -0.39 is 0 Å². The molecule has 0 aromatic carbocycles. The number of rotatable bonds is 5. The second kappa shape index (κ2) is 7.25. The molecule has 1 aliphatic heterocycles. The standard InChI is InChI=1S/C13H26N2O/c1-2-4-13(5-3-1)16-11-10-15-12-6-8-14-9-7-12/h12-15H,1-11H2. The maximum atomic E-state index is 5.90. The Hall–Kier alpha value is -0.120. The van der Waals surface area contributed by atoms with Crippen molar-refractivity contribution in [2.24, 2.45) is 0 Å². The summed E-state index contributed by atoms with van der Waals surface area (Å²) in [6.45, 7) is 4.26. The van der Waals surface area contributed by atoms with Gasteiger partial charge in [-0.3, -0.25) is 0 Å². The summed E-state index contributed by atoms with van der Waals surface area (Å²) >= 11 is 0. The highest BCUT2D eigenvalue weighted by molar-refractivity contribution is 4.74. The summed E-state index contributed by atoms with van der Waals surface area (Å²) in [4.78, 5) is 0. The van der Waals surface area contributed by atoms with Gasteiger partial charge in [0, 0.05) is 12.6 Å². The molecule has 2 rings (SSSR count). The van der Waals surface area contributed by atoms with Crippen molar-refractivity contribution in [2.75, 3.05) is 26.2 Å². The molecule has 0 spiro atoms. The molecule has 0 aromatic heterocycles. The lowest BCUT2D eigenvalue weighted by Gasteiger charge is -2.25. The Morgan fingerprint density at radius 1 is 1.00 bits per heavy atom. The minimum absolute atomic E-state index is 0.559. The Kier molecular flexibility index (Phi) is 5.59. The van der Waals surface area contributed by atoms with E-state index in [4.69, 9.17) is 4.74 Å². The normalized spacial score (nSPS) is 24.8. The van der Waals surface area contributed by atoms with E-state index in [0.717, 1.165) is 19.2 Å². The third-order valence-electron chi connectivity index (χ3n) is 3.78. The van der Waals surface area contributed by atoms with Crippen LogP contribution < -0.4 is 10.6 Å². The van der Waals surface area contributed by atoms with Crippen LogP contribution in [0.4, 0.5) is 0 Å². The Labute approximate surface area is 99.3 Å². The maximum Gasteiger partial charge on any atom is 0.0594 e. The number of ether oxygens (including phenoxy) is 1. The van der Waals surface area contributed by atoms with Crippen LogP contribution in [-0.2, 0) is 4.74 Å². The van der Waals surface area contributed by atoms with Crippen molar-refractivity contribution in [3.8, 4) is 0 Å². The van der Waals surface area contributed by atoms with Gasteiger partial charge in [0.2, 0.25) is 0 Å². The maximum absolute atomic E-state index is 5.90. The molecule has 0 aromatic rings. The molecule has 1 saturated carbocycles. The van der Waals surface area contributed by atoms with E-state index in [0.29, 0.717) is 6.10 Å². The molecule has 0 bridgehead atoms. The molecule has 16 heavy (non-hydrogen) atoms. The molecule has 3 heteroatoms. The SMILES string of the molecule is C1CCC(OCCNC2CCNCC2)CC1. The molecule has 2 N–H and O–H groups in total. The van der Waals surface area contributed by atoms with Crippen LogP contribution in [0.15, 0.2) is 0 Å². The second-order valence-corrected chi connectivity index (χ2v) is 5.11. The van der Waals surface area contributed by atoms with Crippen molar-refractivity contribution in [3.63, 3.8) is 0 Å². The van der Waals surface area contributed by atoms with Crippen molar-refractivity contribution >= 4 is 0 Å². The predicted octanol–water partition coefficient (Wildman–Crippen LogP) is 1.68. The third-order valence-corrected chi connectivity index (χ3v) is 3.78. The molecular formula is C13H26N2O. The zero-order valence-electron chi connectivity index (χ0n) is 10.3. The first-order valence-electron chi connectivity index (χ1n) is 7.01. The van der Waals surface area contributed by atoms with Crippen molar-refractivity contribution in [3.05, 3.63) is 0 Å². The molecule has 2 aliphatic rings. The lowest BCUT2D eigenvalue weighted by atomic mass is 9.98. The van der Waals surface area contributed by atoms with Gasteiger partial charge in [0.15, 0.2) is 0 Å². The van der Waals surface area contributed by atoms with E-state index in [2.05, 4.69) is 10.6 Å². The highest BCUT2D eigenvalue weighted by Crippen LogP contribution is 2.19. The highest BCUT2D eigenvalue weighted by Gasteiger charge is 2.14. The largest absolute Gasteiger partial charge is 0.377 e. The summed E-state index contributed by atoms with van der Waals surface area (Å²) in [7, 11) is 0. The minimum Gasteiger partial charge on any atom is -0.377 e. The fourth-order valence-electron chi connectivity index (χ4n) is 2.75. The van der Waals surface area contributed by atoms with Gasteiger partial charge in [-0.15, -0.1) is 0 Å². The van der Waals surface area contributed by atoms with Crippen LogP contribution >= 0.6 is 0 Å². The van der Waals surface area contributed by atoms with Crippen molar-refractivity contribution in [1.82, 2.24) is 10.6 Å². The zero-order valence-corrected chi connectivity index (χ0v) is 10.3. The van der Waals surface area contributed by atoms with Crippen LogP contribution in [0.25, 0.3) is 0 Å². The topological polar surface area (TPSA) is 33.3 Å². The summed E-state index contributed by atoms with van der Waals surface area (Å²) in [6, 6.07) is 0.719. The van der Waals surface area contributed by atoms with Gasteiger partial charge in [-0.25, -0.2) is 0 Å². The second-order valence-electron chi connectivity index (χ2n) is 5.11. The van der Waals surface area contributed by atoms with Crippen LogP contribution in [0, 0.1) is 0 Å². The number of hydrogen-bond acceptors (Lipinski definition) is 3. The molecule has 2 fully saturated rings. The summed E-state index contributed by atoms with van der Waals surface area (Å²) < 4.78 is 5.90. The van der Waals surface area contributed by atoms with Crippen LogP contribution in [0.2, 0.25) is 0 Å². The first-order valence-corrected chi connectivity index (χ1v) is 7.01. The highest BCUT2D eigenvalue weighted by atomic mass is 16.5. The fourth-order valence-corrected chi connectivity index (χ4v) is 2.75. The smallest absolute Gasteiger partial charge is 0.0594 e. The van der Waals surface area contributed by atoms with Gasteiger partial charge in [0.05, 0.1) is 12.7 Å². The molecular weight excluding hydrogens is 200 g/mol. The van der Waals surface area contributed by atoms with E-state index in [-0.39, 0.29) is 0 Å². The lowest BCUT2D eigenvalue weighted by molar-refractivity contribution is 0.0290. The molecule has 1 aliphatic carbocycles. The summed E-state index contributed by atoms with van der Waals surface area (Å²) in [5.74, 6) is 0. The average Bonchev–Trinajstić information content (AvgIpc) is 2.37. The Bertz CT molecular complexity index is 155. The number of nitrogens with one attached hydrogen (secondary N) is 2. The summed E-state index contributed by atoms with van der Waals surface area (Å²) in [5, 5.41) is 6.98. The lowest BCUT2D eigenvalue weighted by Crippen LogP contribution is -2.41. The minimum atomic E-state index is 0.559. The average molecular weight is 226 g/mol. The quantitative estimate of drug-likeness (QED) is 0.700. The zero-order chi connectivity index (χ0) is 11.1. The fraction of sp³-hybridized carbons (Fsp3) is 1.00. The third kappa shape index (κ3) is 4.40. The van der Waals surface area contributed by atoms with Crippen molar-refractivity contribution in [1.29, 1.82) is 0 Å². The van der Waals surface area contributed by atoms with Gasteiger partial charge in [-0.05, 0) is 38.8 Å². The first-order chi connectivity index (χ1) is 7.95. The van der Waals surface area contributed by atoms with Gasteiger partial charge in [-0.1, -0.05) is 19.3 Å². The number of hydrogen-bond donors (Lipinski definition) is 2. The van der Waals surface area contributed by atoms with Gasteiger partial charge in [-0.2, -0.15) is 0 Å². The van der Waals surface area contributed by atoms with E-state index in [1.165, 1.54) is 58.0 Å². The van der Waals surface area contributed by atoms with E-state index in [1.807, 2.05) is 0 Å². The Balaban J connectivity index is 1.47. The van der Waals surface area contributed by atoms with E-state index in [9.17, 15) is 0 Å². The summed E-state index contributed by atoms with van der Waals surface area (Å²) in [5.41, 5.74) is 0. The molecule has 1 saturated heterocycles. The molecule has 0 amide bonds. The molecule has 0 radical (unpaired) electrons. The van der Waals surface area contributed by atoms with Gasteiger partial charge in [0.25, 0.3) is 0 Å². The van der Waals surface area contributed by atoms with Gasteiger partial charge in [0.1, 0.15) is 0 Å². The van der Waals surface area contributed by atoms with Gasteiger partial charge >= 0.3 is 0 Å². The molecule has 0 atom stereocenters. The van der Waals surface area contributed by atoms with E-state index in [1.54, 1.807) is 0 Å². The molecule has 94 valence electrons. The van der Waals surface area contributed by atoms with Crippen LogP contribution in [0.5, 0.6) is 0 Å². The van der Waals surface area contributed by atoms with Crippen molar-refractivity contribution in [2.45, 2.75) is 57.1 Å². The molecule has 0 unspecified atom stereocenters. The first kappa shape index (κ1) is 12.3. The predicted molar refractivity (Wildman–Crippen MR) is 66.7 cm³/mol. The van der Waals surface area contributed by atoms with Crippen LogP contribution in [-0.4, -0.2) is 38.4 Å². The molecule has 3 nitrogen and oxygen atoms in total. The van der Waals surface area contributed by atoms with E-state index >= 15 is 0 Å². The van der Waals surface area contributed by atoms with Gasteiger partial charge < -0.3 is 15.4 Å². The Morgan fingerprint density at radius 3 is 2.50 bits per heavy atom. The van der Waals surface area contributed by atoms with Crippen LogP contribution in [0.1, 0.15) is 44.9 Å². The summed E-state index contributed by atoms with van der Waals surface area (Å²) in [6.07, 6.45) is 9.81. The monoisotopic (exact) mass is 226 g/mol. The molecule has 1 heterocycles. The van der Waals surface area contributed by atoms with Crippen LogP contribution in [0.3, 0.4) is 0 Å². The van der Waals surface area contributed by atoms with Crippen molar-refractivity contribution < 1.29 is 4.74 Å². The Morgan fingerprint density at radius 2 is 1.75 bits per heavy atom.